The number of ether oxygens (including phenoxy) is 1. The molecule has 0 radical (unpaired) electrons. The highest BCUT2D eigenvalue weighted by Gasteiger charge is 2.23. The van der Waals surface area contributed by atoms with Crippen LogP contribution in [0.1, 0.15) is 17.5 Å². The van der Waals surface area contributed by atoms with Crippen molar-refractivity contribution < 1.29 is 4.74 Å². The van der Waals surface area contributed by atoms with Crippen molar-refractivity contribution in [3.63, 3.8) is 0 Å². The summed E-state index contributed by atoms with van der Waals surface area (Å²) in [6, 6.07) is 17.3. The number of anilines is 1. The number of nitrogens with one attached hydrogen (secondary N) is 2. The molecule has 0 amide bonds. The van der Waals surface area contributed by atoms with E-state index in [0.29, 0.717) is 19.2 Å². The van der Waals surface area contributed by atoms with Crippen LogP contribution >= 0.6 is 0 Å². The van der Waals surface area contributed by atoms with Gasteiger partial charge in [-0.1, -0.05) is 35.9 Å². The number of rotatable bonds is 8. The molecule has 162 valence electrons. The Morgan fingerprint density at radius 3 is 2.67 bits per heavy atom. The number of likely N-dealkylation sites (N-methyl/N-ethyl adjacent to an activating group) is 1. The van der Waals surface area contributed by atoms with E-state index in [1.807, 2.05) is 25.2 Å². The van der Waals surface area contributed by atoms with E-state index in [9.17, 15) is 0 Å². The fourth-order valence-corrected chi connectivity index (χ4v) is 3.56. The van der Waals surface area contributed by atoms with Crippen molar-refractivity contribution in [2.24, 2.45) is 4.99 Å². The first-order chi connectivity index (χ1) is 14.5. The van der Waals surface area contributed by atoms with Gasteiger partial charge in [-0.25, -0.2) is 0 Å². The van der Waals surface area contributed by atoms with Gasteiger partial charge in [-0.2, -0.15) is 0 Å². The number of aliphatic imine (C=N–C) groups is 1. The zero-order chi connectivity index (χ0) is 21.3. The predicted octanol–water partition coefficient (Wildman–Crippen LogP) is 2.88. The molecule has 1 saturated heterocycles. The summed E-state index contributed by atoms with van der Waals surface area (Å²) in [5.74, 6) is 1.75. The van der Waals surface area contributed by atoms with Crippen LogP contribution in [0.2, 0.25) is 0 Å². The summed E-state index contributed by atoms with van der Waals surface area (Å²) in [7, 11) is 5.92. The Morgan fingerprint density at radius 1 is 1.17 bits per heavy atom. The molecule has 6 heteroatoms. The summed E-state index contributed by atoms with van der Waals surface area (Å²) >= 11 is 0. The molecule has 0 aliphatic carbocycles. The maximum Gasteiger partial charge on any atom is 0.191 e. The molecule has 0 bridgehead atoms. The maximum absolute atomic E-state index is 5.97. The monoisotopic (exact) mass is 409 g/mol. The molecule has 2 aromatic carbocycles. The first kappa shape index (κ1) is 22.0. The van der Waals surface area contributed by atoms with Gasteiger partial charge in [0.2, 0.25) is 0 Å². The van der Waals surface area contributed by atoms with E-state index in [4.69, 9.17) is 4.74 Å². The number of para-hydroxylation sites is 1. The molecule has 2 aromatic rings. The van der Waals surface area contributed by atoms with E-state index in [1.165, 1.54) is 11.3 Å². The summed E-state index contributed by atoms with van der Waals surface area (Å²) in [5.41, 5.74) is 3.71. The van der Waals surface area contributed by atoms with E-state index < -0.39 is 0 Å². The van der Waals surface area contributed by atoms with Gasteiger partial charge in [0.1, 0.15) is 12.4 Å². The van der Waals surface area contributed by atoms with Gasteiger partial charge in [-0.05, 0) is 45.6 Å². The molecule has 0 aromatic heterocycles. The lowest BCUT2D eigenvalue weighted by molar-refractivity contribution is 0.259. The molecule has 1 fully saturated rings. The standard InChI is InChI=1S/C24H35N5O/c1-19-9-11-22(12-10-19)29-14-13-21(18-29)27-24(25-2)26-17-20-7-5-6-8-23(20)30-16-15-28(3)4/h5-12,21H,13-18H2,1-4H3,(H2,25,26,27). The van der Waals surface area contributed by atoms with Crippen LogP contribution in [0.15, 0.2) is 53.5 Å². The van der Waals surface area contributed by atoms with E-state index in [0.717, 1.165) is 43.3 Å². The van der Waals surface area contributed by atoms with Crippen molar-refractivity contribution in [1.29, 1.82) is 0 Å². The lowest BCUT2D eigenvalue weighted by Gasteiger charge is -2.21. The molecule has 1 unspecified atom stereocenters. The zero-order valence-electron chi connectivity index (χ0n) is 18.7. The minimum atomic E-state index is 0.379. The smallest absolute Gasteiger partial charge is 0.191 e. The summed E-state index contributed by atoms with van der Waals surface area (Å²) < 4.78 is 5.97. The zero-order valence-corrected chi connectivity index (χ0v) is 18.7. The first-order valence-corrected chi connectivity index (χ1v) is 10.7. The van der Waals surface area contributed by atoms with Crippen LogP contribution in [-0.4, -0.2) is 64.3 Å². The number of benzene rings is 2. The minimum Gasteiger partial charge on any atom is -0.492 e. The number of aryl methyl sites for hydroxylation is 1. The van der Waals surface area contributed by atoms with E-state index >= 15 is 0 Å². The number of hydrogen-bond donors (Lipinski definition) is 2. The Hall–Kier alpha value is -2.73. The van der Waals surface area contributed by atoms with E-state index in [1.54, 1.807) is 0 Å². The van der Waals surface area contributed by atoms with Crippen molar-refractivity contribution in [3.05, 3.63) is 59.7 Å². The molecule has 30 heavy (non-hydrogen) atoms. The van der Waals surface area contributed by atoms with Crippen LogP contribution in [0.25, 0.3) is 0 Å². The quantitative estimate of drug-likeness (QED) is 0.519. The van der Waals surface area contributed by atoms with Gasteiger partial charge in [0, 0.05) is 50.5 Å². The fraction of sp³-hybridized carbons (Fsp3) is 0.458. The highest BCUT2D eigenvalue weighted by Crippen LogP contribution is 2.21. The number of hydrogen-bond acceptors (Lipinski definition) is 4. The highest BCUT2D eigenvalue weighted by molar-refractivity contribution is 5.80. The molecular weight excluding hydrogens is 374 g/mol. The summed E-state index contributed by atoms with van der Waals surface area (Å²) in [5, 5.41) is 7.02. The lowest BCUT2D eigenvalue weighted by atomic mass is 10.2. The van der Waals surface area contributed by atoms with Crippen molar-refractivity contribution in [2.45, 2.75) is 25.9 Å². The van der Waals surface area contributed by atoms with Gasteiger partial charge < -0.3 is 25.2 Å². The Kier molecular flexibility index (Phi) is 7.97. The van der Waals surface area contributed by atoms with E-state index in [2.05, 4.69) is 76.8 Å². The minimum absolute atomic E-state index is 0.379. The topological polar surface area (TPSA) is 52.1 Å². The van der Waals surface area contributed by atoms with Gasteiger partial charge in [0.25, 0.3) is 0 Å². The average Bonchev–Trinajstić information content (AvgIpc) is 3.20. The Bertz CT molecular complexity index is 819. The number of nitrogens with zero attached hydrogens (tertiary/aromatic N) is 3. The van der Waals surface area contributed by atoms with Crippen LogP contribution in [-0.2, 0) is 6.54 Å². The fourth-order valence-electron chi connectivity index (χ4n) is 3.56. The Balaban J connectivity index is 1.50. The van der Waals surface area contributed by atoms with Crippen LogP contribution in [0.5, 0.6) is 5.75 Å². The second kappa shape index (κ2) is 10.9. The molecule has 1 atom stereocenters. The summed E-state index contributed by atoms with van der Waals surface area (Å²) in [6.07, 6.45) is 1.10. The number of guanidine groups is 1. The third-order valence-electron chi connectivity index (χ3n) is 5.37. The predicted molar refractivity (Wildman–Crippen MR) is 126 cm³/mol. The normalized spacial score (nSPS) is 16.8. The van der Waals surface area contributed by atoms with Crippen LogP contribution in [0.4, 0.5) is 5.69 Å². The molecule has 2 N–H and O–H groups in total. The highest BCUT2D eigenvalue weighted by atomic mass is 16.5. The Labute approximate surface area is 180 Å². The van der Waals surface area contributed by atoms with Crippen LogP contribution in [0, 0.1) is 6.92 Å². The van der Waals surface area contributed by atoms with Crippen molar-refractivity contribution in [3.8, 4) is 5.75 Å². The van der Waals surface area contributed by atoms with Crippen molar-refractivity contribution in [1.82, 2.24) is 15.5 Å². The van der Waals surface area contributed by atoms with E-state index in [-0.39, 0.29) is 0 Å². The molecule has 0 spiro atoms. The van der Waals surface area contributed by atoms with Gasteiger partial charge >= 0.3 is 0 Å². The summed E-state index contributed by atoms with van der Waals surface area (Å²) in [4.78, 5) is 8.97. The maximum atomic E-state index is 5.97. The van der Waals surface area contributed by atoms with Gasteiger partial charge in [-0.3, -0.25) is 4.99 Å². The first-order valence-electron chi connectivity index (χ1n) is 10.7. The third-order valence-corrected chi connectivity index (χ3v) is 5.37. The molecule has 1 aliphatic rings. The molecule has 0 saturated carbocycles. The summed E-state index contributed by atoms with van der Waals surface area (Å²) in [6.45, 7) is 6.40. The molecular formula is C24H35N5O. The van der Waals surface area contributed by atoms with Gasteiger partial charge in [-0.15, -0.1) is 0 Å². The molecule has 1 aliphatic heterocycles. The SMILES string of the molecule is CN=C(NCc1ccccc1OCCN(C)C)NC1CCN(c2ccc(C)cc2)C1. The van der Waals surface area contributed by atoms with Crippen molar-refractivity contribution in [2.75, 3.05) is 52.3 Å². The molecule has 6 nitrogen and oxygen atoms in total. The second-order valence-corrected chi connectivity index (χ2v) is 8.10. The van der Waals surface area contributed by atoms with Crippen LogP contribution < -0.4 is 20.3 Å². The largest absolute Gasteiger partial charge is 0.492 e. The van der Waals surface area contributed by atoms with Gasteiger partial charge in [0.15, 0.2) is 5.96 Å². The third kappa shape index (κ3) is 6.39. The lowest BCUT2D eigenvalue weighted by Crippen LogP contribution is -2.44. The van der Waals surface area contributed by atoms with Crippen LogP contribution in [0.3, 0.4) is 0 Å². The molecule has 1 heterocycles. The second-order valence-electron chi connectivity index (χ2n) is 8.10. The van der Waals surface area contributed by atoms with Gasteiger partial charge in [0.05, 0.1) is 0 Å². The average molecular weight is 410 g/mol. The Morgan fingerprint density at radius 2 is 1.93 bits per heavy atom. The van der Waals surface area contributed by atoms with Crippen molar-refractivity contribution >= 4 is 11.6 Å². The molecule has 3 rings (SSSR count).